The zero-order valence-corrected chi connectivity index (χ0v) is 11.3. The molecular weight excluding hydrogens is 286 g/mol. The van der Waals surface area contributed by atoms with Gasteiger partial charge in [-0.1, -0.05) is 17.7 Å². The second-order valence-corrected chi connectivity index (χ2v) is 4.63. The van der Waals surface area contributed by atoms with Crippen molar-refractivity contribution in [3.05, 3.63) is 58.1 Å². The fourth-order valence-electron chi connectivity index (χ4n) is 1.68. The Balaban J connectivity index is 2.33. The van der Waals surface area contributed by atoms with Crippen molar-refractivity contribution in [1.82, 2.24) is 0 Å². The Bertz CT molecular complexity index is 689. The Morgan fingerprint density at radius 1 is 1.25 bits per heavy atom. The van der Waals surface area contributed by atoms with Crippen molar-refractivity contribution in [2.24, 2.45) is 0 Å². The van der Waals surface area contributed by atoms with Crippen molar-refractivity contribution >= 4 is 28.9 Å². The smallest absolute Gasteiger partial charge is 0.258 e. The number of anilines is 2. The van der Waals surface area contributed by atoms with Crippen LogP contribution in [-0.4, -0.2) is 5.91 Å². The molecule has 0 fully saturated rings. The number of benzene rings is 2. The molecule has 2 aromatic carbocycles. The normalized spacial score (nSPS) is 10.4. The maximum Gasteiger partial charge on any atom is 0.258 e. The summed E-state index contributed by atoms with van der Waals surface area (Å²) in [4.78, 5) is 12.0. The number of hydrogen-bond donors (Lipinski definition) is 2. The average molecular weight is 297 g/mol. The molecule has 0 aromatic heterocycles. The number of halogens is 3. The van der Waals surface area contributed by atoms with Crippen molar-refractivity contribution in [3.8, 4) is 0 Å². The van der Waals surface area contributed by atoms with E-state index in [9.17, 15) is 13.6 Å². The second-order valence-electron chi connectivity index (χ2n) is 4.22. The van der Waals surface area contributed by atoms with Crippen molar-refractivity contribution < 1.29 is 13.6 Å². The Labute approximate surface area is 119 Å². The summed E-state index contributed by atoms with van der Waals surface area (Å²) in [7, 11) is 0. The van der Waals surface area contributed by atoms with Crippen LogP contribution in [0.4, 0.5) is 20.2 Å². The van der Waals surface area contributed by atoms with Crippen LogP contribution in [0.1, 0.15) is 15.9 Å². The van der Waals surface area contributed by atoms with Crippen LogP contribution in [0, 0.1) is 18.6 Å². The fraction of sp³-hybridized carbons (Fsp3) is 0.0714. The van der Waals surface area contributed by atoms with E-state index in [4.69, 9.17) is 17.3 Å². The maximum absolute atomic E-state index is 13.6. The van der Waals surface area contributed by atoms with Crippen molar-refractivity contribution in [2.75, 3.05) is 11.1 Å². The number of carbonyl (C=O) groups is 1. The summed E-state index contributed by atoms with van der Waals surface area (Å²) in [5.74, 6) is -2.52. The van der Waals surface area contributed by atoms with Crippen LogP contribution in [0.5, 0.6) is 0 Å². The van der Waals surface area contributed by atoms with Crippen LogP contribution in [0.2, 0.25) is 5.02 Å². The van der Waals surface area contributed by atoms with Gasteiger partial charge in [0.15, 0.2) is 0 Å². The molecule has 0 aliphatic rings. The molecule has 0 saturated carbocycles. The van der Waals surface area contributed by atoms with E-state index in [2.05, 4.69) is 5.32 Å². The Morgan fingerprint density at radius 3 is 2.65 bits per heavy atom. The highest BCUT2D eigenvalue weighted by Crippen LogP contribution is 2.23. The van der Waals surface area contributed by atoms with Crippen LogP contribution < -0.4 is 11.1 Å². The molecule has 0 unspecified atom stereocenters. The minimum absolute atomic E-state index is 0.376. The highest BCUT2D eigenvalue weighted by Gasteiger charge is 2.16. The lowest BCUT2D eigenvalue weighted by Gasteiger charge is -2.11. The third-order valence-electron chi connectivity index (χ3n) is 2.88. The Hall–Kier alpha value is -2.14. The molecule has 1 amide bonds. The molecule has 2 rings (SSSR count). The van der Waals surface area contributed by atoms with Crippen molar-refractivity contribution in [3.63, 3.8) is 0 Å². The first-order valence-corrected chi connectivity index (χ1v) is 6.09. The molecule has 0 spiro atoms. The van der Waals surface area contributed by atoms with Gasteiger partial charge in [-0.2, -0.15) is 0 Å². The molecule has 0 saturated heterocycles. The van der Waals surface area contributed by atoms with E-state index in [-0.39, 0.29) is 5.02 Å². The van der Waals surface area contributed by atoms with Crippen LogP contribution in [0.15, 0.2) is 30.3 Å². The molecule has 6 heteroatoms. The molecule has 104 valence electrons. The van der Waals surface area contributed by atoms with E-state index in [1.807, 2.05) is 0 Å². The lowest BCUT2D eigenvalue weighted by molar-refractivity contribution is 0.102. The van der Waals surface area contributed by atoms with Gasteiger partial charge in [-0.05, 0) is 36.8 Å². The zero-order chi connectivity index (χ0) is 14.9. The average Bonchev–Trinajstić information content (AvgIpc) is 2.39. The van der Waals surface area contributed by atoms with Crippen LogP contribution in [0.25, 0.3) is 0 Å². The van der Waals surface area contributed by atoms with E-state index in [0.29, 0.717) is 16.9 Å². The van der Waals surface area contributed by atoms with Gasteiger partial charge in [-0.3, -0.25) is 4.79 Å². The molecule has 0 bridgehead atoms. The van der Waals surface area contributed by atoms with Gasteiger partial charge in [0.2, 0.25) is 0 Å². The molecule has 0 heterocycles. The van der Waals surface area contributed by atoms with E-state index in [1.165, 1.54) is 0 Å². The molecule has 3 N–H and O–H groups in total. The van der Waals surface area contributed by atoms with Gasteiger partial charge < -0.3 is 11.1 Å². The molecule has 3 nitrogen and oxygen atoms in total. The predicted octanol–water partition coefficient (Wildman–Crippen LogP) is 3.76. The number of nitrogen functional groups attached to an aromatic ring is 1. The van der Waals surface area contributed by atoms with Gasteiger partial charge in [0, 0.05) is 11.4 Å². The number of amides is 1. The van der Waals surface area contributed by atoms with E-state index in [0.717, 1.165) is 12.1 Å². The van der Waals surface area contributed by atoms with Gasteiger partial charge in [0.1, 0.15) is 11.6 Å². The van der Waals surface area contributed by atoms with Gasteiger partial charge in [-0.15, -0.1) is 0 Å². The molecule has 2 aromatic rings. The third-order valence-corrected chi connectivity index (χ3v) is 3.17. The minimum Gasteiger partial charge on any atom is -0.398 e. The quantitative estimate of drug-likeness (QED) is 0.655. The first kappa shape index (κ1) is 14.3. The maximum atomic E-state index is 13.6. The third kappa shape index (κ3) is 2.72. The van der Waals surface area contributed by atoms with Gasteiger partial charge in [0.05, 0.1) is 10.6 Å². The first-order chi connectivity index (χ1) is 9.40. The standard InChI is InChI=1S/C14H11ClF2N2O/c1-7-12(18)3-2-4-13(7)19-14(20)8-5-11(17)9(15)6-10(8)16/h2-6H,18H2,1H3,(H,19,20). The SMILES string of the molecule is Cc1c(N)cccc1NC(=O)c1cc(F)c(Cl)cc1F. The highest BCUT2D eigenvalue weighted by molar-refractivity contribution is 6.30. The highest BCUT2D eigenvalue weighted by atomic mass is 35.5. The van der Waals surface area contributed by atoms with Crippen molar-refractivity contribution in [1.29, 1.82) is 0 Å². The van der Waals surface area contributed by atoms with E-state index in [1.54, 1.807) is 25.1 Å². The van der Waals surface area contributed by atoms with Gasteiger partial charge in [-0.25, -0.2) is 8.78 Å². The van der Waals surface area contributed by atoms with Crippen LogP contribution in [-0.2, 0) is 0 Å². The summed E-state index contributed by atoms with van der Waals surface area (Å²) in [6.45, 7) is 1.71. The summed E-state index contributed by atoms with van der Waals surface area (Å²) in [5, 5.41) is 2.11. The second kappa shape index (κ2) is 5.46. The van der Waals surface area contributed by atoms with Crippen LogP contribution in [0.3, 0.4) is 0 Å². The number of hydrogen-bond acceptors (Lipinski definition) is 2. The van der Waals surface area contributed by atoms with E-state index < -0.39 is 23.1 Å². The zero-order valence-electron chi connectivity index (χ0n) is 10.5. The molecule has 0 aliphatic heterocycles. The summed E-state index contributed by atoms with van der Waals surface area (Å²) in [5.41, 5.74) is 6.86. The van der Waals surface area contributed by atoms with Gasteiger partial charge >= 0.3 is 0 Å². The lowest BCUT2D eigenvalue weighted by Crippen LogP contribution is -2.15. The van der Waals surface area contributed by atoms with E-state index >= 15 is 0 Å². The first-order valence-electron chi connectivity index (χ1n) is 5.71. The van der Waals surface area contributed by atoms with Crippen molar-refractivity contribution in [2.45, 2.75) is 6.92 Å². The summed E-state index contributed by atoms with van der Waals surface area (Å²) in [6.07, 6.45) is 0. The minimum atomic E-state index is -0.893. The number of rotatable bonds is 2. The largest absolute Gasteiger partial charge is 0.398 e. The molecule has 0 aliphatic carbocycles. The van der Waals surface area contributed by atoms with Gasteiger partial charge in [0.25, 0.3) is 5.91 Å². The number of nitrogens with one attached hydrogen (secondary N) is 1. The Kier molecular flexibility index (Phi) is 3.90. The topological polar surface area (TPSA) is 55.1 Å². The Morgan fingerprint density at radius 2 is 1.95 bits per heavy atom. The summed E-state index contributed by atoms with van der Waals surface area (Å²) >= 11 is 5.43. The molecule has 0 radical (unpaired) electrons. The summed E-state index contributed by atoms with van der Waals surface area (Å²) < 4.78 is 26.9. The number of carbonyl (C=O) groups excluding carboxylic acids is 1. The molecule has 0 atom stereocenters. The molecule has 20 heavy (non-hydrogen) atoms. The summed E-state index contributed by atoms with van der Waals surface area (Å²) in [6, 6.07) is 6.46. The lowest BCUT2D eigenvalue weighted by atomic mass is 10.1. The number of nitrogens with two attached hydrogens (primary N) is 1. The monoisotopic (exact) mass is 296 g/mol. The fourth-order valence-corrected chi connectivity index (χ4v) is 1.83. The van der Waals surface area contributed by atoms with Crippen LogP contribution >= 0.6 is 11.6 Å². The molecular formula is C14H11ClF2N2O. The predicted molar refractivity (Wildman–Crippen MR) is 74.9 cm³/mol.